The summed E-state index contributed by atoms with van der Waals surface area (Å²) < 4.78 is 0. The van der Waals surface area contributed by atoms with Crippen LogP contribution in [0.15, 0.2) is 41.3 Å². The first kappa shape index (κ1) is 15.3. The van der Waals surface area contributed by atoms with E-state index in [0.717, 1.165) is 12.0 Å². The summed E-state index contributed by atoms with van der Waals surface area (Å²) >= 11 is 5.74. The lowest BCUT2D eigenvalue weighted by Crippen LogP contribution is -2.28. The molecule has 2 N–H and O–H groups in total. The van der Waals surface area contributed by atoms with Crippen molar-refractivity contribution in [3.8, 4) is 0 Å². The number of carbonyl (C=O) groups is 1. The minimum absolute atomic E-state index is 0.00559. The van der Waals surface area contributed by atoms with Gasteiger partial charge in [0.15, 0.2) is 0 Å². The van der Waals surface area contributed by atoms with Gasteiger partial charge in [0.2, 0.25) is 0 Å². The number of hydrogen-bond acceptors (Lipinski definition) is 2. The minimum atomic E-state index is -0.404. The van der Waals surface area contributed by atoms with Crippen LogP contribution in [0.25, 0.3) is 0 Å². The van der Waals surface area contributed by atoms with Crippen LogP contribution in [0.2, 0.25) is 5.02 Å². The number of aryl methyl sites for hydroxylation is 1. The maximum Gasteiger partial charge on any atom is 0.266 e. The van der Waals surface area contributed by atoms with Gasteiger partial charge in [-0.25, -0.2) is 0 Å². The number of pyridine rings is 1. The molecule has 21 heavy (non-hydrogen) atoms. The Bertz CT molecular complexity index is 692. The fourth-order valence-electron chi connectivity index (χ4n) is 2.05. The van der Waals surface area contributed by atoms with E-state index in [2.05, 4.69) is 10.3 Å². The average Bonchev–Trinajstić information content (AvgIpc) is 2.48. The number of halogens is 1. The molecule has 0 saturated carbocycles. The summed E-state index contributed by atoms with van der Waals surface area (Å²) in [5, 5.41) is 2.95. The summed E-state index contributed by atoms with van der Waals surface area (Å²) in [4.78, 5) is 25.9. The molecule has 0 fully saturated rings. The zero-order valence-corrected chi connectivity index (χ0v) is 12.7. The van der Waals surface area contributed by atoms with Crippen molar-refractivity contribution < 1.29 is 4.79 Å². The van der Waals surface area contributed by atoms with Crippen molar-refractivity contribution in [2.24, 2.45) is 0 Å². The highest BCUT2D eigenvalue weighted by Gasteiger charge is 2.15. The van der Waals surface area contributed by atoms with Gasteiger partial charge in [-0.15, -0.1) is 0 Å². The van der Waals surface area contributed by atoms with Gasteiger partial charge >= 0.3 is 0 Å². The fourth-order valence-corrected chi connectivity index (χ4v) is 2.22. The van der Waals surface area contributed by atoms with Crippen molar-refractivity contribution in [3.63, 3.8) is 0 Å². The number of carbonyl (C=O) groups excluding carboxylic acids is 1. The molecule has 0 spiro atoms. The van der Waals surface area contributed by atoms with Crippen LogP contribution in [0, 0.1) is 6.92 Å². The van der Waals surface area contributed by atoms with Gasteiger partial charge in [-0.1, -0.05) is 48.4 Å². The zero-order valence-electron chi connectivity index (χ0n) is 11.9. The van der Waals surface area contributed by atoms with Gasteiger partial charge in [0, 0.05) is 6.20 Å². The molecular weight excluding hydrogens is 288 g/mol. The Hall–Kier alpha value is -2.07. The van der Waals surface area contributed by atoms with Crippen LogP contribution in [0.3, 0.4) is 0 Å². The van der Waals surface area contributed by atoms with Gasteiger partial charge in [-0.3, -0.25) is 9.59 Å². The van der Waals surface area contributed by atoms with Crippen molar-refractivity contribution in [1.82, 2.24) is 10.3 Å². The SMILES string of the molecule is CC[C@H](NC(=O)c1c[nH]c(=O)c(Cl)c1)c1ccc(C)cc1. The maximum atomic E-state index is 12.2. The Balaban J connectivity index is 2.17. The lowest BCUT2D eigenvalue weighted by molar-refractivity contribution is 0.0935. The van der Waals surface area contributed by atoms with E-state index >= 15 is 0 Å². The van der Waals surface area contributed by atoms with E-state index < -0.39 is 5.56 Å². The van der Waals surface area contributed by atoms with Crippen LogP contribution in [-0.4, -0.2) is 10.9 Å². The van der Waals surface area contributed by atoms with Crippen molar-refractivity contribution in [3.05, 3.63) is 68.6 Å². The second-order valence-electron chi connectivity index (χ2n) is 4.91. The van der Waals surface area contributed by atoms with Crippen molar-refractivity contribution in [2.75, 3.05) is 0 Å². The van der Waals surface area contributed by atoms with E-state index in [4.69, 9.17) is 11.6 Å². The Labute approximate surface area is 128 Å². The Morgan fingerprint density at radius 3 is 2.57 bits per heavy atom. The molecule has 110 valence electrons. The number of H-pyrrole nitrogens is 1. The Morgan fingerprint density at radius 2 is 2.00 bits per heavy atom. The highest BCUT2D eigenvalue weighted by atomic mass is 35.5. The largest absolute Gasteiger partial charge is 0.345 e. The van der Waals surface area contributed by atoms with Crippen LogP contribution < -0.4 is 10.9 Å². The highest BCUT2D eigenvalue weighted by Crippen LogP contribution is 2.18. The molecule has 1 amide bonds. The van der Waals surface area contributed by atoms with Crippen LogP contribution >= 0.6 is 11.6 Å². The van der Waals surface area contributed by atoms with Gasteiger partial charge in [0.25, 0.3) is 11.5 Å². The minimum Gasteiger partial charge on any atom is -0.345 e. The highest BCUT2D eigenvalue weighted by molar-refractivity contribution is 6.30. The fraction of sp³-hybridized carbons (Fsp3) is 0.250. The number of nitrogens with one attached hydrogen (secondary N) is 2. The van der Waals surface area contributed by atoms with Crippen molar-refractivity contribution in [1.29, 1.82) is 0 Å². The molecule has 4 nitrogen and oxygen atoms in total. The van der Waals surface area contributed by atoms with E-state index in [9.17, 15) is 9.59 Å². The normalized spacial score (nSPS) is 12.0. The van der Waals surface area contributed by atoms with Gasteiger partial charge in [0.05, 0.1) is 11.6 Å². The van der Waals surface area contributed by atoms with Crippen molar-refractivity contribution in [2.45, 2.75) is 26.3 Å². The van der Waals surface area contributed by atoms with Crippen LogP contribution in [0.1, 0.15) is 40.9 Å². The second-order valence-corrected chi connectivity index (χ2v) is 5.32. The third-order valence-electron chi connectivity index (χ3n) is 3.31. The zero-order chi connectivity index (χ0) is 15.4. The molecule has 0 bridgehead atoms. The maximum absolute atomic E-state index is 12.2. The standard InChI is InChI=1S/C16H17ClN2O2/c1-3-14(11-6-4-10(2)5-7-11)19-15(20)12-8-13(17)16(21)18-9-12/h4-9,14H,3H2,1-2H3,(H,18,21)(H,19,20)/t14-/m0/s1. The van der Waals surface area contributed by atoms with Gasteiger partial charge < -0.3 is 10.3 Å². The number of aromatic amines is 1. The Morgan fingerprint density at radius 1 is 1.33 bits per heavy atom. The van der Waals surface area contributed by atoms with Gasteiger partial charge in [-0.05, 0) is 25.0 Å². The number of benzene rings is 1. The summed E-state index contributed by atoms with van der Waals surface area (Å²) in [7, 11) is 0. The van der Waals surface area contributed by atoms with E-state index in [0.29, 0.717) is 5.56 Å². The summed E-state index contributed by atoms with van der Waals surface area (Å²) in [6.07, 6.45) is 2.14. The summed E-state index contributed by atoms with van der Waals surface area (Å²) in [6.45, 7) is 4.02. The molecule has 1 aromatic carbocycles. The molecule has 1 aromatic heterocycles. The first-order valence-corrected chi connectivity index (χ1v) is 7.14. The van der Waals surface area contributed by atoms with Crippen LogP contribution in [0.4, 0.5) is 0 Å². The molecule has 0 unspecified atom stereocenters. The van der Waals surface area contributed by atoms with Gasteiger partial charge in [-0.2, -0.15) is 0 Å². The predicted molar refractivity (Wildman–Crippen MR) is 83.7 cm³/mol. The molecule has 0 aliphatic heterocycles. The summed E-state index contributed by atoms with van der Waals surface area (Å²) in [5.74, 6) is -0.263. The first-order valence-electron chi connectivity index (χ1n) is 6.77. The summed E-state index contributed by atoms with van der Waals surface area (Å²) in [5.41, 5.74) is 2.16. The molecular formula is C16H17ClN2O2. The monoisotopic (exact) mass is 304 g/mol. The molecule has 2 aromatic rings. The molecule has 1 atom stereocenters. The second kappa shape index (κ2) is 6.59. The number of amides is 1. The van der Waals surface area contributed by atoms with E-state index in [-0.39, 0.29) is 17.0 Å². The van der Waals surface area contributed by atoms with E-state index in [1.807, 2.05) is 38.1 Å². The molecule has 0 aliphatic carbocycles. The number of hydrogen-bond donors (Lipinski definition) is 2. The Kier molecular flexibility index (Phi) is 4.81. The first-order chi connectivity index (χ1) is 10.0. The molecule has 2 rings (SSSR count). The lowest BCUT2D eigenvalue weighted by atomic mass is 10.0. The molecule has 5 heteroatoms. The van der Waals surface area contributed by atoms with Crippen molar-refractivity contribution >= 4 is 17.5 Å². The third kappa shape index (κ3) is 3.73. The van der Waals surface area contributed by atoms with Crippen LogP contribution in [-0.2, 0) is 0 Å². The third-order valence-corrected chi connectivity index (χ3v) is 3.59. The molecule has 1 heterocycles. The lowest BCUT2D eigenvalue weighted by Gasteiger charge is -2.17. The molecule has 0 aliphatic rings. The quantitative estimate of drug-likeness (QED) is 0.911. The number of rotatable bonds is 4. The van der Waals surface area contributed by atoms with E-state index in [1.165, 1.54) is 17.8 Å². The summed E-state index contributed by atoms with van der Waals surface area (Å²) in [6, 6.07) is 9.33. The smallest absolute Gasteiger partial charge is 0.266 e. The molecule has 0 saturated heterocycles. The number of aromatic nitrogens is 1. The van der Waals surface area contributed by atoms with Gasteiger partial charge in [0.1, 0.15) is 5.02 Å². The predicted octanol–water partition coefficient (Wildman–Crippen LogP) is 3.22. The molecule has 0 radical (unpaired) electrons. The topological polar surface area (TPSA) is 62.0 Å². The van der Waals surface area contributed by atoms with Crippen LogP contribution in [0.5, 0.6) is 0 Å². The average molecular weight is 305 g/mol. The van der Waals surface area contributed by atoms with E-state index in [1.54, 1.807) is 0 Å².